The molecular weight excluding hydrogens is 664 g/mol. The average Bonchev–Trinajstić information content (AvgIpc) is 3.28. The number of amides is 2. The Balaban J connectivity index is 0.000000970. The summed E-state index contributed by atoms with van der Waals surface area (Å²) in [5, 5.41) is 6.95. The predicted octanol–water partition coefficient (Wildman–Crippen LogP) is 9.14. The third-order valence-corrected chi connectivity index (χ3v) is 10.6. The number of carbonyl (C=O) groups excluding carboxylic acids is 2. The number of likely N-dealkylation sites (tertiary alicyclic amines) is 3. The second-order valence-corrected chi connectivity index (χ2v) is 15.3. The van der Waals surface area contributed by atoms with Crippen molar-refractivity contribution in [2.75, 3.05) is 44.6 Å². The fourth-order valence-electron chi connectivity index (χ4n) is 7.68. The first-order valence-corrected chi connectivity index (χ1v) is 19.6. The first-order chi connectivity index (χ1) is 23.0. The lowest BCUT2D eigenvalue weighted by molar-refractivity contribution is -0.134. The third-order valence-electron chi connectivity index (χ3n) is 10.3. The van der Waals surface area contributed by atoms with E-state index in [2.05, 4.69) is 69.6 Å². The van der Waals surface area contributed by atoms with Crippen molar-refractivity contribution in [2.45, 2.75) is 111 Å². The predicted molar refractivity (Wildman–Crippen MR) is 203 cm³/mol. The molecule has 1 unspecified atom stereocenters. The molecule has 268 valence electrons. The number of hydrogen-bond acceptors (Lipinski definition) is 5. The van der Waals surface area contributed by atoms with Crippen LogP contribution in [0.2, 0.25) is 0 Å². The van der Waals surface area contributed by atoms with Crippen LogP contribution >= 0.6 is 15.9 Å². The Hall–Kier alpha value is -2.45. The highest BCUT2D eigenvalue weighted by molar-refractivity contribution is 9.09. The smallest absolute Gasteiger partial charge is 0.410 e. The van der Waals surface area contributed by atoms with Crippen LogP contribution in [0, 0.1) is 30.1 Å². The number of fused-ring (bicyclic) bond motifs is 1. The van der Waals surface area contributed by atoms with E-state index in [1.54, 1.807) is 4.90 Å². The summed E-state index contributed by atoms with van der Waals surface area (Å²) in [6.07, 6.45) is 14.9. The lowest BCUT2D eigenvalue weighted by atomic mass is 9.78. The molecule has 48 heavy (non-hydrogen) atoms. The highest BCUT2D eigenvalue weighted by Gasteiger charge is 2.34. The van der Waals surface area contributed by atoms with E-state index in [0.717, 1.165) is 76.5 Å². The van der Waals surface area contributed by atoms with Crippen molar-refractivity contribution < 1.29 is 14.3 Å². The SMILES string of the molecule is C=CC1=CC(N2CCC(C3CCN(C(=O)CC4CCN(C(=O)OC(C)(C)C)CC4)CC3)CC2)c2ccc(C)cc2CC1.CC.N=CCBr. The summed E-state index contributed by atoms with van der Waals surface area (Å²) < 4.78 is 5.52. The van der Waals surface area contributed by atoms with Crippen LogP contribution in [0.15, 0.2) is 42.5 Å². The molecule has 7 nitrogen and oxygen atoms in total. The minimum atomic E-state index is -0.472. The molecule has 0 bridgehead atoms. The van der Waals surface area contributed by atoms with Crippen LogP contribution in [-0.2, 0) is 16.0 Å². The minimum Gasteiger partial charge on any atom is -0.444 e. The van der Waals surface area contributed by atoms with E-state index in [0.29, 0.717) is 42.7 Å². The van der Waals surface area contributed by atoms with Gasteiger partial charge in [-0.25, -0.2) is 4.79 Å². The largest absolute Gasteiger partial charge is 0.444 e. The Bertz CT molecular complexity index is 1220. The molecule has 1 aromatic rings. The van der Waals surface area contributed by atoms with E-state index in [1.807, 2.05) is 34.6 Å². The molecule has 1 aliphatic carbocycles. The van der Waals surface area contributed by atoms with E-state index in [4.69, 9.17) is 10.1 Å². The molecule has 3 fully saturated rings. The van der Waals surface area contributed by atoms with Crippen LogP contribution in [-0.4, -0.2) is 83.1 Å². The van der Waals surface area contributed by atoms with E-state index < -0.39 is 5.60 Å². The lowest BCUT2D eigenvalue weighted by Gasteiger charge is -2.42. The molecule has 0 aromatic heterocycles. The molecule has 0 spiro atoms. The van der Waals surface area contributed by atoms with Gasteiger partial charge in [-0.05, 0) is 121 Å². The molecule has 3 saturated heterocycles. The van der Waals surface area contributed by atoms with Gasteiger partial charge in [0.2, 0.25) is 5.91 Å². The van der Waals surface area contributed by atoms with Gasteiger partial charge in [0, 0.05) is 44.1 Å². The van der Waals surface area contributed by atoms with Crippen molar-refractivity contribution in [3.8, 4) is 0 Å². The van der Waals surface area contributed by atoms with Gasteiger partial charge in [-0.2, -0.15) is 0 Å². The van der Waals surface area contributed by atoms with E-state index in [1.165, 1.54) is 41.3 Å². The molecule has 4 aliphatic rings. The van der Waals surface area contributed by atoms with Gasteiger partial charge >= 0.3 is 6.09 Å². The van der Waals surface area contributed by atoms with E-state index in [9.17, 15) is 9.59 Å². The highest BCUT2D eigenvalue weighted by atomic mass is 79.9. The molecule has 8 heteroatoms. The number of rotatable bonds is 6. The molecule has 0 radical (unpaired) electrons. The van der Waals surface area contributed by atoms with Gasteiger partial charge in [0.05, 0.1) is 6.04 Å². The molecule has 1 atom stereocenters. The standard InChI is InChI=1S/C36H53N3O3.C2H4BrN.C2H6/c1-6-27-8-9-31-23-26(2)7-10-32(31)33(24-27)37-19-13-29(14-20-37)30-15-21-38(22-16-30)34(40)25-28-11-17-39(18-12-28)35(41)42-36(3,4)5;3-1-2-4;1-2/h6-7,10,23-24,28-30,33H,1,8-9,11-22,25H2,2-5H3;2,4H,1H2;1-2H3. The van der Waals surface area contributed by atoms with Gasteiger partial charge in [-0.1, -0.05) is 77.8 Å². The summed E-state index contributed by atoms with van der Waals surface area (Å²) in [5.41, 5.74) is 5.24. The number of carbonyl (C=O) groups is 2. The van der Waals surface area contributed by atoms with Crippen molar-refractivity contribution >= 4 is 34.1 Å². The number of alkyl halides is 1. The molecule has 0 saturated carbocycles. The quantitative estimate of drug-likeness (QED) is 0.234. The topological polar surface area (TPSA) is 76.9 Å². The summed E-state index contributed by atoms with van der Waals surface area (Å²) in [5.74, 6) is 2.18. The van der Waals surface area contributed by atoms with Gasteiger partial charge in [-0.15, -0.1) is 0 Å². The Morgan fingerprint density at radius 1 is 0.938 bits per heavy atom. The fourth-order valence-corrected chi connectivity index (χ4v) is 7.68. The van der Waals surface area contributed by atoms with Crippen LogP contribution in [0.25, 0.3) is 0 Å². The monoisotopic (exact) mass is 726 g/mol. The molecule has 2 amide bonds. The maximum absolute atomic E-state index is 13.2. The number of hydrogen-bond donors (Lipinski definition) is 1. The summed E-state index contributed by atoms with van der Waals surface area (Å²) in [7, 11) is 0. The zero-order valence-corrected chi connectivity index (χ0v) is 32.3. The first kappa shape index (κ1) is 40.0. The van der Waals surface area contributed by atoms with E-state index >= 15 is 0 Å². The van der Waals surface area contributed by atoms with Gasteiger partial charge in [0.25, 0.3) is 0 Å². The third kappa shape index (κ3) is 11.9. The maximum Gasteiger partial charge on any atom is 0.410 e. The van der Waals surface area contributed by atoms with Crippen molar-refractivity contribution in [2.24, 2.45) is 17.8 Å². The number of benzene rings is 1. The molecular formula is C40H63BrN4O3. The fraction of sp³-hybridized carbons (Fsp3) is 0.675. The van der Waals surface area contributed by atoms with Gasteiger partial charge < -0.3 is 19.9 Å². The van der Waals surface area contributed by atoms with Gasteiger partial charge in [-0.3, -0.25) is 9.69 Å². The number of ether oxygens (including phenoxy) is 1. The number of halogens is 1. The van der Waals surface area contributed by atoms with Crippen LogP contribution in [0.1, 0.15) is 109 Å². The van der Waals surface area contributed by atoms with Crippen LogP contribution in [0.5, 0.6) is 0 Å². The van der Waals surface area contributed by atoms with Crippen molar-refractivity contribution in [1.82, 2.24) is 14.7 Å². The number of nitrogens with one attached hydrogen (secondary N) is 1. The first-order valence-electron chi connectivity index (χ1n) is 18.5. The van der Waals surface area contributed by atoms with Crippen LogP contribution in [0.3, 0.4) is 0 Å². The number of nitrogens with zero attached hydrogens (tertiary/aromatic N) is 3. The Morgan fingerprint density at radius 2 is 1.50 bits per heavy atom. The summed E-state index contributed by atoms with van der Waals surface area (Å²) in [4.78, 5) is 32.2. The Kier molecular flexibility index (Phi) is 16.4. The maximum atomic E-state index is 13.2. The summed E-state index contributed by atoms with van der Waals surface area (Å²) in [6.45, 7) is 21.5. The zero-order valence-electron chi connectivity index (χ0n) is 30.7. The van der Waals surface area contributed by atoms with Crippen molar-refractivity contribution in [3.63, 3.8) is 0 Å². The molecule has 3 aliphatic heterocycles. The molecule has 1 aromatic carbocycles. The number of aryl methyl sites for hydroxylation is 2. The Morgan fingerprint density at radius 3 is 2.04 bits per heavy atom. The molecule has 3 heterocycles. The number of allylic oxidation sites excluding steroid dienone is 2. The van der Waals surface area contributed by atoms with Gasteiger partial charge in [0.1, 0.15) is 5.60 Å². The molecule has 5 rings (SSSR count). The normalized spacial score (nSPS) is 21.3. The summed E-state index contributed by atoms with van der Waals surface area (Å²) in [6, 6.07) is 7.37. The van der Waals surface area contributed by atoms with E-state index in [-0.39, 0.29) is 6.09 Å². The average molecular weight is 728 g/mol. The van der Waals surface area contributed by atoms with Crippen molar-refractivity contribution in [3.05, 3.63) is 59.2 Å². The van der Waals surface area contributed by atoms with Crippen LogP contribution in [0.4, 0.5) is 4.79 Å². The minimum absolute atomic E-state index is 0.229. The lowest BCUT2D eigenvalue weighted by Crippen LogP contribution is -2.45. The number of piperidine rings is 3. The Labute approximate surface area is 300 Å². The van der Waals surface area contributed by atoms with Gasteiger partial charge in [0.15, 0.2) is 0 Å². The zero-order chi connectivity index (χ0) is 35.3. The molecule has 1 N–H and O–H groups in total. The van der Waals surface area contributed by atoms with Crippen LogP contribution < -0.4 is 0 Å². The summed E-state index contributed by atoms with van der Waals surface area (Å²) >= 11 is 3.01. The second kappa shape index (κ2) is 19.7. The highest BCUT2D eigenvalue weighted by Crippen LogP contribution is 2.38. The van der Waals surface area contributed by atoms with Crippen molar-refractivity contribution in [1.29, 1.82) is 5.41 Å². The second-order valence-electron chi connectivity index (χ2n) is 14.7.